The highest BCUT2D eigenvalue weighted by molar-refractivity contribution is 7.10. The minimum Gasteiger partial charge on any atom is -0.472 e. The molecule has 0 unspecified atom stereocenters. The molecule has 3 heterocycles. The number of aromatic nitrogens is 6. The van der Waals surface area contributed by atoms with Crippen LogP contribution < -0.4 is 10.4 Å². The number of nitrogens with zero attached hydrogens (tertiary/aromatic N) is 6. The summed E-state index contributed by atoms with van der Waals surface area (Å²) in [5.74, 6) is 0.515. The van der Waals surface area contributed by atoms with Gasteiger partial charge in [-0.3, -0.25) is 0 Å². The first kappa shape index (κ1) is 17.2. The first-order valence-corrected chi connectivity index (χ1v) is 9.23. The maximum atomic E-state index is 12.2. The summed E-state index contributed by atoms with van der Waals surface area (Å²) in [6.07, 6.45) is 1.87. The van der Waals surface area contributed by atoms with Crippen molar-refractivity contribution in [2.45, 2.75) is 20.5 Å². The zero-order chi connectivity index (χ0) is 19.0. The fourth-order valence-corrected chi connectivity index (χ4v) is 3.50. The van der Waals surface area contributed by atoms with Crippen molar-refractivity contribution in [2.24, 2.45) is 7.05 Å². The molecule has 0 radical (unpaired) electrons. The second kappa shape index (κ2) is 6.84. The minimum atomic E-state index is -0.306. The van der Waals surface area contributed by atoms with Crippen LogP contribution in [0.5, 0.6) is 5.88 Å². The van der Waals surface area contributed by atoms with E-state index in [1.807, 2.05) is 48.8 Å². The van der Waals surface area contributed by atoms with Gasteiger partial charge in [-0.15, -0.1) is 16.4 Å². The van der Waals surface area contributed by atoms with Gasteiger partial charge in [-0.05, 0) is 47.4 Å². The number of hydrogen-bond donors (Lipinski definition) is 0. The van der Waals surface area contributed by atoms with E-state index in [0.29, 0.717) is 11.6 Å². The molecule has 3 aromatic heterocycles. The number of ether oxygens (including phenoxy) is 1. The van der Waals surface area contributed by atoms with Gasteiger partial charge >= 0.3 is 5.69 Å². The Labute approximate surface area is 159 Å². The van der Waals surface area contributed by atoms with Gasteiger partial charge in [0.15, 0.2) is 0 Å². The van der Waals surface area contributed by atoms with E-state index in [4.69, 9.17) is 4.74 Å². The Morgan fingerprint density at radius 2 is 1.96 bits per heavy atom. The number of tetrazole rings is 1. The lowest BCUT2D eigenvalue weighted by atomic mass is 10.1. The average molecular weight is 382 g/mol. The predicted octanol–water partition coefficient (Wildman–Crippen LogP) is 2.41. The van der Waals surface area contributed by atoms with Gasteiger partial charge in [-0.2, -0.15) is 9.36 Å². The second-order valence-corrected chi connectivity index (χ2v) is 7.24. The molecule has 138 valence electrons. The largest absolute Gasteiger partial charge is 0.472 e. The zero-order valence-electron chi connectivity index (χ0n) is 15.2. The Balaban J connectivity index is 1.61. The summed E-state index contributed by atoms with van der Waals surface area (Å²) in [5, 5.41) is 14.2. The Morgan fingerprint density at radius 1 is 1.11 bits per heavy atom. The quantitative estimate of drug-likeness (QED) is 0.530. The summed E-state index contributed by atoms with van der Waals surface area (Å²) in [7, 11) is 1.57. The van der Waals surface area contributed by atoms with E-state index in [0.717, 1.165) is 16.8 Å². The molecule has 4 aromatic rings. The lowest BCUT2D eigenvalue weighted by Crippen LogP contribution is -2.23. The molecule has 0 N–H and O–H groups in total. The molecular weight excluding hydrogens is 364 g/mol. The van der Waals surface area contributed by atoms with Gasteiger partial charge < -0.3 is 4.74 Å². The minimum absolute atomic E-state index is 0.269. The molecule has 0 amide bonds. The molecule has 9 heteroatoms. The molecule has 0 aliphatic heterocycles. The van der Waals surface area contributed by atoms with Crippen LogP contribution in [0, 0.1) is 13.8 Å². The van der Waals surface area contributed by atoms with Gasteiger partial charge in [0.2, 0.25) is 5.88 Å². The van der Waals surface area contributed by atoms with Gasteiger partial charge in [0.25, 0.3) is 0 Å². The third kappa shape index (κ3) is 3.17. The van der Waals surface area contributed by atoms with Crippen molar-refractivity contribution >= 4 is 11.3 Å². The van der Waals surface area contributed by atoms with Crippen LogP contribution >= 0.6 is 11.3 Å². The van der Waals surface area contributed by atoms with Crippen molar-refractivity contribution in [3.8, 4) is 17.3 Å². The standard InChI is InChI=1S/C18H18N6O2S/c1-12-5-4-6-16(24-18(25)22(3)20-21-24)14(12)11-26-17-7-9-23(19-17)15-8-10-27-13(15)2/h4-10H,11H2,1-3H3. The molecule has 0 spiro atoms. The summed E-state index contributed by atoms with van der Waals surface area (Å²) < 4.78 is 10.2. The van der Waals surface area contributed by atoms with Crippen LogP contribution in [0.25, 0.3) is 11.4 Å². The molecule has 0 aliphatic carbocycles. The van der Waals surface area contributed by atoms with E-state index in [-0.39, 0.29) is 12.3 Å². The Morgan fingerprint density at radius 3 is 2.67 bits per heavy atom. The van der Waals surface area contributed by atoms with E-state index >= 15 is 0 Å². The predicted molar refractivity (Wildman–Crippen MR) is 102 cm³/mol. The molecular formula is C18H18N6O2S. The number of thiophene rings is 1. The lowest BCUT2D eigenvalue weighted by molar-refractivity contribution is 0.290. The molecule has 1 aromatic carbocycles. The third-order valence-corrected chi connectivity index (χ3v) is 5.18. The van der Waals surface area contributed by atoms with E-state index < -0.39 is 0 Å². The van der Waals surface area contributed by atoms with Crippen LogP contribution in [-0.2, 0) is 13.7 Å². The summed E-state index contributed by atoms with van der Waals surface area (Å²) in [5.41, 5.74) is 3.25. The second-order valence-electron chi connectivity index (χ2n) is 6.12. The molecule has 27 heavy (non-hydrogen) atoms. The van der Waals surface area contributed by atoms with Crippen molar-refractivity contribution in [2.75, 3.05) is 0 Å². The van der Waals surface area contributed by atoms with Crippen LogP contribution in [-0.4, -0.2) is 29.6 Å². The summed E-state index contributed by atoms with van der Waals surface area (Å²) in [6.45, 7) is 4.29. The highest BCUT2D eigenvalue weighted by atomic mass is 32.1. The van der Waals surface area contributed by atoms with Gasteiger partial charge in [0, 0.05) is 29.8 Å². The van der Waals surface area contributed by atoms with E-state index in [1.165, 1.54) is 14.2 Å². The number of rotatable bonds is 5. The van der Waals surface area contributed by atoms with Gasteiger partial charge in [0.1, 0.15) is 6.61 Å². The first-order valence-electron chi connectivity index (χ1n) is 8.35. The molecule has 0 saturated carbocycles. The van der Waals surface area contributed by atoms with Crippen LogP contribution in [0.3, 0.4) is 0 Å². The molecule has 4 rings (SSSR count). The normalized spacial score (nSPS) is 11.1. The highest BCUT2D eigenvalue weighted by Crippen LogP contribution is 2.22. The molecule has 0 saturated heterocycles. The van der Waals surface area contributed by atoms with Crippen molar-refractivity contribution in [3.05, 3.63) is 68.4 Å². The SMILES string of the molecule is Cc1cccc(-n2nnn(C)c2=O)c1COc1ccn(-c2ccsc2C)n1. The molecule has 0 atom stereocenters. The Hall–Kier alpha value is -3.20. The highest BCUT2D eigenvalue weighted by Gasteiger charge is 2.14. The van der Waals surface area contributed by atoms with Crippen molar-refractivity contribution in [1.82, 2.24) is 29.6 Å². The molecule has 0 bridgehead atoms. The van der Waals surface area contributed by atoms with Gasteiger partial charge in [-0.1, -0.05) is 12.1 Å². The lowest BCUT2D eigenvalue weighted by Gasteiger charge is -2.11. The van der Waals surface area contributed by atoms with Crippen molar-refractivity contribution < 1.29 is 4.74 Å². The van der Waals surface area contributed by atoms with Crippen LogP contribution in [0.15, 0.2) is 46.7 Å². The fraction of sp³-hybridized carbons (Fsp3) is 0.222. The van der Waals surface area contributed by atoms with Gasteiger partial charge in [-0.25, -0.2) is 9.48 Å². The molecule has 8 nitrogen and oxygen atoms in total. The van der Waals surface area contributed by atoms with Crippen LogP contribution in [0.4, 0.5) is 0 Å². The van der Waals surface area contributed by atoms with Crippen LogP contribution in [0.2, 0.25) is 0 Å². The summed E-state index contributed by atoms with van der Waals surface area (Å²) >= 11 is 1.67. The third-order valence-electron chi connectivity index (χ3n) is 4.34. The van der Waals surface area contributed by atoms with Crippen molar-refractivity contribution in [3.63, 3.8) is 0 Å². The smallest absolute Gasteiger partial charge is 0.368 e. The van der Waals surface area contributed by atoms with E-state index in [1.54, 1.807) is 23.1 Å². The topological polar surface area (TPSA) is 79.8 Å². The average Bonchev–Trinajstić information content (AvgIpc) is 3.36. The van der Waals surface area contributed by atoms with Gasteiger partial charge in [0.05, 0.1) is 11.4 Å². The number of hydrogen-bond acceptors (Lipinski definition) is 6. The van der Waals surface area contributed by atoms with Crippen LogP contribution in [0.1, 0.15) is 16.0 Å². The monoisotopic (exact) mass is 382 g/mol. The Kier molecular flexibility index (Phi) is 4.36. The molecule has 0 fully saturated rings. The zero-order valence-corrected chi connectivity index (χ0v) is 16.0. The van der Waals surface area contributed by atoms with Crippen molar-refractivity contribution in [1.29, 1.82) is 0 Å². The van der Waals surface area contributed by atoms with E-state index in [9.17, 15) is 4.79 Å². The fourth-order valence-electron chi connectivity index (χ4n) is 2.82. The number of aryl methyl sites for hydroxylation is 3. The summed E-state index contributed by atoms with van der Waals surface area (Å²) in [4.78, 5) is 13.4. The Bertz CT molecular complexity index is 1150. The maximum absolute atomic E-state index is 12.2. The van der Waals surface area contributed by atoms with E-state index in [2.05, 4.69) is 22.4 Å². The summed E-state index contributed by atoms with van der Waals surface area (Å²) in [6, 6.07) is 9.52. The first-order chi connectivity index (χ1) is 13.0. The molecule has 0 aliphatic rings. The maximum Gasteiger partial charge on any atom is 0.368 e. The number of benzene rings is 1.